The maximum absolute atomic E-state index is 10.3. The Balaban J connectivity index is 0.00000132. The van der Waals surface area contributed by atoms with E-state index in [9.17, 15) is 10.2 Å². The lowest BCUT2D eigenvalue weighted by molar-refractivity contribution is 0.228. The van der Waals surface area contributed by atoms with E-state index in [0.29, 0.717) is 6.04 Å². The van der Waals surface area contributed by atoms with Crippen molar-refractivity contribution in [2.24, 2.45) is 0 Å². The molecule has 0 spiro atoms. The van der Waals surface area contributed by atoms with Gasteiger partial charge in [0, 0.05) is 18.2 Å². The molecule has 1 aliphatic carbocycles. The maximum atomic E-state index is 10.3. The molecule has 0 amide bonds. The van der Waals surface area contributed by atoms with Crippen LogP contribution in [0.3, 0.4) is 0 Å². The minimum Gasteiger partial charge on any atom is -0.504 e. The van der Waals surface area contributed by atoms with Gasteiger partial charge in [0.2, 0.25) is 0 Å². The predicted octanol–water partition coefficient (Wildman–Crippen LogP) is 2.96. The molecule has 0 radical (unpaired) electrons. The Kier molecular flexibility index (Phi) is 3.38. The van der Waals surface area contributed by atoms with Gasteiger partial charge in [-0.1, -0.05) is 24.3 Å². The van der Waals surface area contributed by atoms with Crippen molar-refractivity contribution >= 4 is 13.5 Å². The van der Waals surface area contributed by atoms with Gasteiger partial charge < -0.3 is 10.2 Å². The molecule has 3 nitrogen and oxygen atoms in total. The van der Waals surface area contributed by atoms with Gasteiger partial charge in [0.05, 0.1) is 0 Å². The van der Waals surface area contributed by atoms with Gasteiger partial charge in [-0.2, -0.15) is 13.5 Å². The average Bonchev–Trinajstić information content (AvgIpc) is 2.46. The standard InChI is InChI=1S/C17H17NO2.H2S/c1-18-8-7-10-3-2-4-12-15(10)13(18)9-11-5-6-14(19)17(20)16(11)12;/h2-6,13,19-20H,7-9H2,1H3;1H2. The molecule has 4 heteroatoms. The zero-order valence-electron chi connectivity index (χ0n) is 11.9. The third-order valence-electron chi connectivity index (χ3n) is 4.72. The fourth-order valence-electron chi connectivity index (χ4n) is 3.67. The van der Waals surface area contributed by atoms with Crippen molar-refractivity contribution in [3.8, 4) is 22.6 Å². The largest absolute Gasteiger partial charge is 0.504 e. The van der Waals surface area contributed by atoms with Crippen molar-refractivity contribution in [1.82, 2.24) is 4.90 Å². The number of benzene rings is 2. The highest BCUT2D eigenvalue weighted by Crippen LogP contribution is 2.49. The summed E-state index contributed by atoms with van der Waals surface area (Å²) in [5, 5.41) is 20.1. The summed E-state index contributed by atoms with van der Waals surface area (Å²) in [6.45, 7) is 1.07. The molecule has 1 heterocycles. The summed E-state index contributed by atoms with van der Waals surface area (Å²) in [4.78, 5) is 2.39. The van der Waals surface area contributed by atoms with Crippen LogP contribution in [0.5, 0.6) is 11.5 Å². The van der Waals surface area contributed by atoms with Gasteiger partial charge in [-0.15, -0.1) is 0 Å². The van der Waals surface area contributed by atoms with Crippen LogP contribution in [0, 0.1) is 0 Å². The number of fused-ring (bicyclic) bond motifs is 2. The van der Waals surface area contributed by atoms with Crippen LogP contribution in [0.2, 0.25) is 0 Å². The predicted molar refractivity (Wildman–Crippen MR) is 88.4 cm³/mol. The molecular formula is C17H19NO2S. The van der Waals surface area contributed by atoms with E-state index in [1.165, 1.54) is 11.1 Å². The van der Waals surface area contributed by atoms with Crippen LogP contribution < -0.4 is 0 Å². The summed E-state index contributed by atoms with van der Waals surface area (Å²) < 4.78 is 0. The monoisotopic (exact) mass is 301 g/mol. The first-order valence-corrected chi connectivity index (χ1v) is 7.03. The number of likely N-dealkylation sites (N-methyl/N-ethyl adjacent to an activating group) is 1. The van der Waals surface area contributed by atoms with Gasteiger partial charge in [-0.25, -0.2) is 0 Å². The Hall–Kier alpha value is -1.65. The topological polar surface area (TPSA) is 43.7 Å². The molecule has 4 rings (SSSR count). The van der Waals surface area contributed by atoms with Crippen molar-refractivity contribution in [2.75, 3.05) is 13.6 Å². The number of phenolic OH excluding ortho intramolecular Hbond substituents is 2. The van der Waals surface area contributed by atoms with Crippen molar-refractivity contribution in [2.45, 2.75) is 18.9 Å². The number of hydrogen-bond donors (Lipinski definition) is 2. The molecule has 1 atom stereocenters. The minimum absolute atomic E-state index is 0. The van der Waals surface area contributed by atoms with Crippen LogP contribution in [0.1, 0.15) is 22.7 Å². The lowest BCUT2D eigenvalue weighted by Crippen LogP contribution is -2.35. The van der Waals surface area contributed by atoms with Gasteiger partial charge in [0.15, 0.2) is 11.5 Å². The summed E-state index contributed by atoms with van der Waals surface area (Å²) in [6, 6.07) is 10.2. The molecule has 0 bridgehead atoms. The van der Waals surface area contributed by atoms with Gasteiger partial charge >= 0.3 is 0 Å². The second kappa shape index (κ2) is 4.97. The zero-order valence-corrected chi connectivity index (χ0v) is 12.9. The Bertz CT molecular complexity index is 714. The maximum Gasteiger partial charge on any atom is 0.165 e. The fourth-order valence-corrected chi connectivity index (χ4v) is 3.67. The van der Waals surface area contributed by atoms with Crippen LogP contribution in [0.4, 0.5) is 0 Å². The van der Waals surface area contributed by atoms with E-state index in [4.69, 9.17) is 0 Å². The second-order valence-corrected chi connectivity index (χ2v) is 5.80. The molecule has 0 saturated carbocycles. The summed E-state index contributed by atoms with van der Waals surface area (Å²) in [5.74, 6) is -0.0217. The van der Waals surface area contributed by atoms with E-state index in [-0.39, 0.29) is 25.0 Å². The van der Waals surface area contributed by atoms with Crippen LogP contribution >= 0.6 is 13.5 Å². The Labute approximate surface area is 131 Å². The van der Waals surface area contributed by atoms with Crippen molar-refractivity contribution in [3.63, 3.8) is 0 Å². The van der Waals surface area contributed by atoms with Gasteiger partial charge in [-0.3, -0.25) is 4.90 Å². The molecule has 2 aromatic rings. The molecule has 2 N–H and O–H groups in total. The Morgan fingerprint density at radius 2 is 1.90 bits per heavy atom. The van der Waals surface area contributed by atoms with E-state index in [2.05, 4.69) is 30.1 Å². The summed E-state index contributed by atoms with van der Waals surface area (Å²) >= 11 is 0. The number of hydrogen-bond acceptors (Lipinski definition) is 3. The molecule has 0 aromatic heterocycles. The molecule has 0 fully saturated rings. The SMILES string of the molecule is CN1CCc2cccc3c2C1Cc1ccc(O)c(O)c1-3.S. The molecule has 1 aliphatic heterocycles. The second-order valence-electron chi connectivity index (χ2n) is 5.80. The van der Waals surface area contributed by atoms with Crippen LogP contribution in [-0.2, 0) is 12.8 Å². The lowest BCUT2D eigenvalue weighted by Gasteiger charge is -2.39. The Morgan fingerprint density at radius 3 is 2.71 bits per heavy atom. The lowest BCUT2D eigenvalue weighted by atomic mass is 9.77. The average molecular weight is 301 g/mol. The van der Waals surface area contributed by atoms with E-state index < -0.39 is 0 Å². The van der Waals surface area contributed by atoms with Gasteiger partial charge in [-0.05, 0) is 48.2 Å². The van der Waals surface area contributed by atoms with E-state index in [1.54, 1.807) is 6.07 Å². The number of rotatable bonds is 0. The molecule has 21 heavy (non-hydrogen) atoms. The summed E-state index contributed by atoms with van der Waals surface area (Å²) in [7, 11) is 2.16. The number of aromatic hydroxyl groups is 2. The van der Waals surface area contributed by atoms with Crippen molar-refractivity contribution < 1.29 is 10.2 Å². The fraction of sp³-hybridized carbons (Fsp3) is 0.294. The third kappa shape index (κ3) is 1.93. The van der Waals surface area contributed by atoms with Crippen LogP contribution in [-0.4, -0.2) is 28.7 Å². The first-order chi connectivity index (χ1) is 9.66. The van der Waals surface area contributed by atoms with Crippen LogP contribution in [0.25, 0.3) is 11.1 Å². The van der Waals surface area contributed by atoms with Gasteiger partial charge in [0.25, 0.3) is 0 Å². The van der Waals surface area contributed by atoms with E-state index in [1.807, 2.05) is 6.07 Å². The Morgan fingerprint density at radius 1 is 1.10 bits per heavy atom. The molecule has 0 saturated heterocycles. The first-order valence-electron chi connectivity index (χ1n) is 7.03. The normalized spacial score (nSPS) is 19.4. The summed E-state index contributed by atoms with van der Waals surface area (Å²) in [5.41, 5.74) is 5.71. The number of nitrogens with zero attached hydrogens (tertiary/aromatic N) is 1. The molecule has 1 unspecified atom stereocenters. The molecule has 2 aromatic carbocycles. The minimum atomic E-state index is -0.0380. The highest BCUT2D eigenvalue weighted by molar-refractivity contribution is 7.59. The van der Waals surface area contributed by atoms with Crippen molar-refractivity contribution in [1.29, 1.82) is 0 Å². The first kappa shape index (κ1) is 14.3. The highest BCUT2D eigenvalue weighted by Gasteiger charge is 2.33. The van der Waals surface area contributed by atoms with Crippen LogP contribution in [0.15, 0.2) is 30.3 Å². The van der Waals surface area contributed by atoms with E-state index >= 15 is 0 Å². The smallest absolute Gasteiger partial charge is 0.165 e. The molecule has 110 valence electrons. The molecular weight excluding hydrogens is 282 g/mol. The summed E-state index contributed by atoms with van der Waals surface area (Å²) in [6.07, 6.45) is 1.94. The quantitative estimate of drug-likeness (QED) is 0.735. The zero-order chi connectivity index (χ0) is 13.9. The third-order valence-corrected chi connectivity index (χ3v) is 4.72. The van der Waals surface area contributed by atoms with Gasteiger partial charge in [0.1, 0.15) is 0 Å². The van der Waals surface area contributed by atoms with E-state index in [0.717, 1.165) is 36.1 Å². The number of phenols is 2. The highest BCUT2D eigenvalue weighted by atomic mass is 32.1. The molecule has 2 aliphatic rings. The van der Waals surface area contributed by atoms with Crippen molar-refractivity contribution in [3.05, 3.63) is 47.0 Å².